The van der Waals surface area contributed by atoms with Gasteiger partial charge in [-0.25, -0.2) is 4.98 Å². The summed E-state index contributed by atoms with van der Waals surface area (Å²) in [6.07, 6.45) is 3.92. The van der Waals surface area contributed by atoms with Crippen LogP contribution < -0.4 is 10.6 Å². The van der Waals surface area contributed by atoms with E-state index in [1.807, 2.05) is 12.1 Å². The first-order chi connectivity index (χ1) is 9.65. The Morgan fingerprint density at radius 3 is 2.85 bits per heavy atom. The Bertz CT molecular complexity index is 646. The first-order valence-corrected chi connectivity index (χ1v) is 6.82. The van der Waals surface area contributed by atoms with Gasteiger partial charge in [0.2, 0.25) is 0 Å². The second-order valence-electron chi connectivity index (χ2n) is 5.21. The van der Waals surface area contributed by atoms with Gasteiger partial charge in [0.05, 0.1) is 0 Å². The zero-order chi connectivity index (χ0) is 14.1. The number of nitrogen functional groups attached to an aromatic ring is 1. The lowest BCUT2D eigenvalue weighted by Gasteiger charge is -2.30. The molecule has 0 fully saturated rings. The Kier molecular flexibility index (Phi) is 3.14. The average molecular weight is 266 g/mol. The second-order valence-corrected chi connectivity index (χ2v) is 5.21. The van der Waals surface area contributed by atoms with Crippen molar-refractivity contribution in [3.05, 3.63) is 53.2 Å². The smallest absolute Gasteiger partial charge is 0.132 e. The molecule has 0 atom stereocenters. The number of nitrogens with two attached hydrogens (primary N) is 1. The lowest BCUT2D eigenvalue weighted by Crippen LogP contribution is -2.25. The molecule has 4 heteroatoms. The molecule has 0 amide bonds. The molecule has 0 saturated carbocycles. The highest BCUT2D eigenvalue weighted by Crippen LogP contribution is 2.32. The summed E-state index contributed by atoms with van der Waals surface area (Å²) in [5.74, 6) is 0.971. The molecule has 2 heterocycles. The minimum Gasteiger partial charge on any atom is -0.384 e. The number of anilines is 2. The number of aromatic nitrogens is 1. The SMILES string of the molecule is Cc1ccc2c(c1)CCCN2c1ccc(C(=N)N)cn1. The highest BCUT2D eigenvalue weighted by atomic mass is 15.2. The Hall–Kier alpha value is -2.36. The van der Waals surface area contributed by atoms with E-state index >= 15 is 0 Å². The quantitative estimate of drug-likeness (QED) is 0.649. The van der Waals surface area contributed by atoms with Crippen molar-refractivity contribution < 1.29 is 0 Å². The summed E-state index contributed by atoms with van der Waals surface area (Å²) >= 11 is 0. The molecular weight excluding hydrogens is 248 g/mol. The van der Waals surface area contributed by atoms with E-state index < -0.39 is 0 Å². The lowest BCUT2D eigenvalue weighted by molar-refractivity contribution is 0.759. The van der Waals surface area contributed by atoms with Gasteiger partial charge in [-0.15, -0.1) is 0 Å². The first-order valence-electron chi connectivity index (χ1n) is 6.82. The van der Waals surface area contributed by atoms with Gasteiger partial charge in [-0.05, 0) is 43.5 Å². The first kappa shape index (κ1) is 12.7. The molecule has 20 heavy (non-hydrogen) atoms. The zero-order valence-corrected chi connectivity index (χ0v) is 11.6. The third-order valence-electron chi connectivity index (χ3n) is 3.69. The molecule has 0 saturated heterocycles. The second kappa shape index (κ2) is 4.96. The van der Waals surface area contributed by atoms with E-state index in [-0.39, 0.29) is 5.84 Å². The fourth-order valence-electron chi connectivity index (χ4n) is 2.67. The molecule has 102 valence electrons. The van der Waals surface area contributed by atoms with Gasteiger partial charge in [0.25, 0.3) is 0 Å². The van der Waals surface area contributed by atoms with Crippen molar-refractivity contribution in [1.29, 1.82) is 5.41 Å². The standard InChI is InChI=1S/C16H18N4/c1-11-4-6-14-12(9-11)3-2-8-20(14)15-7-5-13(10-19-15)16(17)18/h4-7,9-10H,2-3,8H2,1H3,(H3,17,18). The van der Waals surface area contributed by atoms with Gasteiger partial charge in [-0.2, -0.15) is 0 Å². The number of hydrogen-bond donors (Lipinski definition) is 2. The molecule has 1 aliphatic heterocycles. The molecule has 3 rings (SSSR count). The molecule has 1 aliphatic rings. The van der Waals surface area contributed by atoms with Crippen molar-refractivity contribution in [1.82, 2.24) is 4.98 Å². The van der Waals surface area contributed by atoms with Crippen molar-refractivity contribution in [3.8, 4) is 0 Å². The number of hydrogen-bond acceptors (Lipinski definition) is 3. The van der Waals surface area contributed by atoms with Crippen LogP contribution in [0.3, 0.4) is 0 Å². The predicted octanol–water partition coefficient (Wildman–Crippen LogP) is 2.76. The molecule has 0 radical (unpaired) electrons. The van der Waals surface area contributed by atoms with Gasteiger partial charge in [0, 0.05) is 24.0 Å². The van der Waals surface area contributed by atoms with Crippen LogP contribution in [-0.2, 0) is 6.42 Å². The third kappa shape index (κ3) is 2.25. The molecule has 0 aliphatic carbocycles. The number of aryl methyl sites for hydroxylation is 2. The predicted molar refractivity (Wildman–Crippen MR) is 81.8 cm³/mol. The van der Waals surface area contributed by atoms with E-state index in [9.17, 15) is 0 Å². The molecule has 2 aromatic rings. The van der Waals surface area contributed by atoms with Crippen LogP contribution in [0.1, 0.15) is 23.1 Å². The fraction of sp³-hybridized carbons (Fsp3) is 0.250. The molecule has 0 spiro atoms. The molecule has 0 bridgehead atoms. The van der Waals surface area contributed by atoms with E-state index in [2.05, 4.69) is 35.0 Å². The van der Waals surface area contributed by atoms with E-state index in [1.54, 1.807) is 6.20 Å². The van der Waals surface area contributed by atoms with Gasteiger partial charge in [0.1, 0.15) is 11.7 Å². The number of fused-ring (bicyclic) bond motifs is 1. The van der Waals surface area contributed by atoms with Crippen LogP contribution in [-0.4, -0.2) is 17.4 Å². The maximum absolute atomic E-state index is 7.42. The van der Waals surface area contributed by atoms with Crippen molar-refractivity contribution >= 4 is 17.3 Å². The third-order valence-corrected chi connectivity index (χ3v) is 3.69. The normalized spacial score (nSPS) is 13.9. The van der Waals surface area contributed by atoms with E-state index in [0.717, 1.165) is 25.2 Å². The number of nitrogens with zero attached hydrogens (tertiary/aromatic N) is 2. The molecule has 1 aromatic carbocycles. The van der Waals surface area contributed by atoms with Crippen LogP contribution in [0, 0.1) is 12.3 Å². The number of amidine groups is 1. The van der Waals surface area contributed by atoms with Crippen LogP contribution in [0.2, 0.25) is 0 Å². The van der Waals surface area contributed by atoms with Crippen molar-refractivity contribution in [2.24, 2.45) is 5.73 Å². The fourth-order valence-corrected chi connectivity index (χ4v) is 2.67. The lowest BCUT2D eigenvalue weighted by atomic mass is 9.99. The Labute approximate surface area is 118 Å². The summed E-state index contributed by atoms with van der Waals surface area (Å²) in [6, 6.07) is 10.4. The highest BCUT2D eigenvalue weighted by Gasteiger charge is 2.19. The number of benzene rings is 1. The van der Waals surface area contributed by atoms with Crippen LogP contribution in [0.15, 0.2) is 36.5 Å². The maximum Gasteiger partial charge on any atom is 0.132 e. The highest BCUT2D eigenvalue weighted by molar-refractivity contribution is 5.94. The van der Waals surface area contributed by atoms with Crippen LogP contribution in [0.25, 0.3) is 0 Å². The van der Waals surface area contributed by atoms with E-state index in [4.69, 9.17) is 11.1 Å². The minimum atomic E-state index is 0.0544. The van der Waals surface area contributed by atoms with E-state index in [0.29, 0.717) is 5.56 Å². The Morgan fingerprint density at radius 1 is 1.30 bits per heavy atom. The summed E-state index contributed by atoms with van der Waals surface area (Å²) in [4.78, 5) is 6.69. The van der Waals surface area contributed by atoms with Gasteiger partial charge < -0.3 is 10.6 Å². The van der Waals surface area contributed by atoms with Crippen LogP contribution >= 0.6 is 0 Å². The van der Waals surface area contributed by atoms with Crippen molar-refractivity contribution in [2.45, 2.75) is 19.8 Å². The molecular formula is C16H18N4. The van der Waals surface area contributed by atoms with Gasteiger partial charge in [-0.1, -0.05) is 17.7 Å². The van der Waals surface area contributed by atoms with Crippen LogP contribution in [0.5, 0.6) is 0 Å². The van der Waals surface area contributed by atoms with Gasteiger partial charge in [-0.3, -0.25) is 5.41 Å². The summed E-state index contributed by atoms with van der Waals surface area (Å²) in [6.45, 7) is 3.10. The molecule has 4 nitrogen and oxygen atoms in total. The van der Waals surface area contributed by atoms with E-state index in [1.165, 1.54) is 16.8 Å². The van der Waals surface area contributed by atoms with Gasteiger partial charge >= 0.3 is 0 Å². The molecule has 3 N–H and O–H groups in total. The molecule has 0 unspecified atom stereocenters. The summed E-state index contributed by atoms with van der Waals surface area (Å²) in [7, 11) is 0. The summed E-state index contributed by atoms with van der Waals surface area (Å²) in [5.41, 5.74) is 10.0. The van der Waals surface area contributed by atoms with Gasteiger partial charge in [0.15, 0.2) is 0 Å². The average Bonchev–Trinajstić information content (AvgIpc) is 2.46. The van der Waals surface area contributed by atoms with Crippen molar-refractivity contribution in [2.75, 3.05) is 11.4 Å². The monoisotopic (exact) mass is 266 g/mol. The number of nitrogens with one attached hydrogen (secondary N) is 1. The Balaban J connectivity index is 1.98. The Morgan fingerprint density at radius 2 is 2.15 bits per heavy atom. The topological polar surface area (TPSA) is 66.0 Å². The maximum atomic E-state index is 7.42. The summed E-state index contributed by atoms with van der Waals surface area (Å²) in [5, 5.41) is 7.42. The molecule has 1 aromatic heterocycles. The summed E-state index contributed by atoms with van der Waals surface area (Å²) < 4.78 is 0. The van der Waals surface area contributed by atoms with Crippen molar-refractivity contribution in [3.63, 3.8) is 0 Å². The largest absolute Gasteiger partial charge is 0.384 e. The minimum absolute atomic E-state index is 0.0544. The number of pyridine rings is 1. The van der Waals surface area contributed by atoms with Crippen LogP contribution in [0.4, 0.5) is 11.5 Å². The number of rotatable bonds is 2. The zero-order valence-electron chi connectivity index (χ0n) is 11.6.